The van der Waals surface area contributed by atoms with Gasteiger partial charge in [-0.1, -0.05) is 23.2 Å². The standard InChI is InChI=1S/C6H6Cl2N2O2S/c7-3-4(13-10-5(3)8)6(12)9-1-2-11/h11H,1-2H2,(H,9,12). The van der Waals surface area contributed by atoms with E-state index in [1.807, 2.05) is 0 Å². The molecule has 0 fully saturated rings. The second kappa shape index (κ2) is 4.76. The number of aliphatic hydroxyl groups excluding tert-OH is 1. The number of hydrogen-bond acceptors (Lipinski definition) is 4. The Labute approximate surface area is 88.6 Å². The lowest BCUT2D eigenvalue weighted by molar-refractivity contribution is 0.0949. The van der Waals surface area contributed by atoms with Crippen molar-refractivity contribution in [3.8, 4) is 0 Å². The normalized spacial score (nSPS) is 10.1. The summed E-state index contributed by atoms with van der Waals surface area (Å²) in [7, 11) is 0. The Balaban J connectivity index is 2.71. The molecule has 0 saturated heterocycles. The van der Waals surface area contributed by atoms with Gasteiger partial charge in [0.1, 0.15) is 9.90 Å². The van der Waals surface area contributed by atoms with Crippen molar-refractivity contribution in [3.63, 3.8) is 0 Å². The van der Waals surface area contributed by atoms with E-state index in [0.29, 0.717) is 0 Å². The zero-order chi connectivity index (χ0) is 9.84. The van der Waals surface area contributed by atoms with Gasteiger partial charge in [-0.25, -0.2) is 0 Å². The highest BCUT2D eigenvalue weighted by molar-refractivity contribution is 7.09. The molecule has 0 radical (unpaired) electrons. The number of carbonyl (C=O) groups is 1. The SMILES string of the molecule is O=C(NCCO)c1snc(Cl)c1Cl. The van der Waals surface area contributed by atoms with Gasteiger partial charge in [-0.05, 0) is 11.5 Å². The molecule has 0 saturated carbocycles. The maximum absolute atomic E-state index is 11.2. The minimum atomic E-state index is -0.372. The van der Waals surface area contributed by atoms with Gasteiger partial charge in [-0.15, -0.1) is 0 Å². The molecule has 1 rings (SSSR count). The fourth-order valence-electron chi connectivity index (χ4n) is 0.650. The first-order chi connectivity index (χ1) is 6.16. The van der Waals surface area contributed by atoms with Crippen LogP contribution in [0.4, 0.5) is 0 Å². The van der Waals surface area contributed by atoms with E-state index in [1.54, 1.807) is 0 Å². The van der Waals surface area contributed by atoms with E-state index in [2.05, 4.69) is 9.69 Å². The second-order valence-electron chi connectivity index (χ2n) is 2.10. The molecular formula is C6H6Cl2N2O2S. The van der Waals surface area contributed by atoms with Crippen molar-refractivity contribution >= 4 is 40.6 Å². The molecule has 0 atom stereocenters. The van der Waals surface area contributed by atoms with Gasteiger partial charge in [0.2, 0.25) is 0 Å². The Morgan fingerprint density at radius 1 is 1.62 bits per heavy atom. The largest absolute Gasteiger partial charge is 0.395 e. The first-order valence-electron chi connectivity index (χ1n) is 3.36. The summed E-state index contributed by atoms with van der Waals surface area (Å²) in [6, 6.07) is 0. The Morgan fingerprint density at radius 3 is 2.77 bits per heavy atom. The number of aromatic nitrogens is 1. The number of halogens is 2. The van der Waals surface area contributed by atoms with E-state index < -0.39 is 0 Å². The maximum Gasteiger partial charge on any atom is 0.264 e. The van der Waals surface area contributed by atoms with Crippen LogP contribution in [0.15, 0.2) is 0 Å². The number of amides is 1. The van der Waals surface area contributed by atoms with E-state index in [4.69, 9.17) is 28.3 Å². The highest BCUT2D eigenvalue weighted by atomic mass is 35.5. The average molecular weight is 241 g/mol. The lowest BCUT2D eigenvalue weighted by atomic mass is 10.4. The molecule has 0 aromatic carbocycles. The number of nitrogens with one attached hydrogen (secondary N) is 1. The minimum absolute atomic E-state index is 0.115. The van der Waals surface area contributed by atoms with Crippen LogP contribution in [0.5, 0.6) is 0 Å². The van der Waals surface area contributed by atoms with Crippen LogP contribution in [-0.2, 0) is 0 Å². The topological polar surface area (TPSA) is 62.2 Å². The van der Waals surface area contributed by atoms with Gasteiger partial charge in [0.05, 0.1) is 6.61 Å². The lowest BCUT2D eigenvalue weighted by Crippen LogP contribution is -2.25. The summed E-state index contributed by atoms with van der Waals surface area (Å²) in [5.41, 5.74) is 0. The summed E-state index contributed by atoms with van der Waals surface area (Å²) in [6.07, 6.45) is 0. The van der Waals surface area contributed by atoms with Crippen molar-refractivity contribution in [1.29, 1.82) is 0 Å². The van der Waals surface area contributed by atoms with Gasteiger partial charge >= 0.3 is 0 Å². The number of aliphatic hydroxyl groups is 1. The van der Waals surface area contributed by atoms with Crippen molar-refractivity contribution in [1.82, 2.24) is 9.69 Å². The molecule has 1 amide bonds. The average Bonchev–Trinajstić information content (AvgIpc) is 2.44. The van der Waals surface area contributed by atoms with Gasteiger partial charge < -0.3 is 10.4 Å². The first kappa shape index (κ1) is 10.7. The summed E-state index contributed by atoms with van der Waals surface area (Å²) in [5, 5.41) is 11.2. The third-order valence-corrected chi connectivity index (χ3v) is 3.00. The third kappa shape index (κ3) is 2.54. The Kier molecular flexibility index (Phi) is 3.92. The number of nitrogens with zero attached hydrogens (tertiary/aromatic N) is 1. The van der Waals surface area contributed by atoms with E-state index in [-0.39, 0.29) is 34.1 Å². The first-order valence-corrected chi connectivity index (χ1v) is 4.89. The van der Waals surface area contributed by atoms with Crippen molar-refractivity contribution in [2.24, 2.45) is 0 Å². The van der Waals surface area contributed by atoms with Crippen LogP contribution in [0.3, 0.4) is 0 Å². The molecule has 0 aliphatic heterocycles. The van der Waals surface area contributed by atoms with Crippen LogP contribution >= 0.6 is 34.7 Å². The molecule has 13 heavy (non-hydrogen) atoms. The lowest BCUT2D eigenvalue weighted by Gasteiger charge is -1.99. The maximum atomic E-state index is 11.2. The van der Waals surface area contributed by atoms with Crippen molar-refractivity contribution in [2.45, 2.75) is 0 Å². The number of hydrogen-bond donors (Lipinski definition) is 2. The Bertz CT molecular complexity index is 316. The van der Waals surface area contributed by atoms with Crippen LogP contribution in [0.2, 0.25) is 10.2 Å². The van der Waals surface area contributed by atoms with Crippen molar-refractivity contribution in [3.05, 3.63) is 15.1 Å². The predicted molar refractivity (Wildman–Crippen MR) is 51.6 cm³/mol. The summed E-state index contributed by atoms with van der Waals surface area (Å²) in [5.74, 6) is -0.372. The molecule has 1 aromatic rings. The predicted octanol–water partition coefficient (Wildman–Crippen LogP) is 1.17. The van der Waals surface area contributed by atoms with Crippen molar-refractivity contribution in [2.75, 3.05) is 13.2 Å². The van der Waals surface area contributed by atoms with Gasteiger partial charge in [0.15, 0.2) is 5.15 Å². The number of carbonyl (C=O) groups excluding carboxylic acids is 1. The molecule has 4 nitrogen and oxygen atoms in total. The van der Waals surface area contributed by atoms with E-state index in [0.717, 1.165) is 11.5 Å². The fourth-order valence-corrected chi connectivity index (χ4v) is 1.78. The zero-order valence-electron chi connectivity index (χ0n) is 6.38. The molecule has 7 heteroatoms. The highest BCUT2D eigenvalue weighted by Crippen LogP contribution is 2.28. The Morgan fingerprint density at radius 2 is 2.31 bits per heavy atom. The summed E-state index contributed by atoms with van der Waals surface area (Å²) in [4.78, 5) is 11.5. The zero-order valence-corrected chi connectivity index (χ0v) is 8.71. The summed E-state index contributed by atoms with van der Waals surface area (Å²) >= 11 is 12.1. The highest BCUT2D eigenvalue weighted by Gasteiger charge is 2.16. The van der Waals surface area contributed by atoms with Crippen LogP contribution in [0.1, 0.15) is 9.67 Å². The van der Waals surface area contributed by atoms with Crippen LogP contribution in [0.25, 0.3) is 0 Å². The van der Waals surface area contributed by atoms with Gasteiger partial charge in [-0.2, -0.15) is 4.37 Å². The molecule has 0 unspecified atom stereocenters. The third-order valence-electron chi connectivity index (χ3n) is 1.20. The van der Waals surface area contributed by atoms with Crippen LogP contribution < -0.4 is 5.32 Å². The second-order valence-corrected chi connectivity index (χ2v) is 3.61. The molecule has 1 heterocycles. The van der Waals surface area contributed by atoms with E-state index in [1.165, 1.54) is 0 Å². The van der Waals surface area contributed by atoms with Crippen LogP contribution in [0, 0.1) is 0 Å². The molecule has 1 aromatic heterocycles. The summed E-state index contributed by atoms with van der Waals surface area (Å²) < 4.78 is 3.70. The quantitative estimate of drug-likeness (QED) is 0.834. The fraction of sp³-hybridized carbons (Fsp3) is 0.333. The molecule has 0 aliphatic carbocycles. The molecule has 0 spiro atoms. The van der Waals surface area contributed by atoms with E-state index in [9.17, 15) is 4.79 Å². The van der Waals surface area contributed by atoms with Gasteiger partial charge in [0, 0.05) is 6.54 Å². The molecule has 2 N–H and O–H groups in total. The minimum Gasteiger partial charge on any atom is -0.395 e. The number of rotatable bonds is 3. The van der Waals surface area contributed by atoms with Crippen LogP contribution in [-0.4, -0.2) is 28.5 Å². The monoisotopic (exact) mass is 240 g/mol. The Hall–Kier alpha value is -0.360. The molecule has 0 bridgehead atoms. The van der Waals surface area contributed by atoms with Gasteiger partial charge in [-0.3, -0.25) is 4.79 Å². The van der Waals surface area contributed by atoms with Crippen molar-refractivity contribution < 1.29 is 9.90 Å². The molecular weight excluding hydrogens is 235 g/mol. The smallest absolute Gasteiger partial charge is 0.264 e. The molecule has 72 valence electrons. The summed E-state index contributed by atoms with van der Waals surface area (Å²) in [6.45, 7) is 0.0700. The van der Waals surface area contributed by atoms with Gasteiger partial charge in [0.25, 0.3) is 5.91 Å². The van der Waals surface area contributed by atoms with E-state index >= 15 is 0 Å². The molecule has 0 aliphatic rings.